The average Bonchev–Trinajstić information content (AvgIpc) is 2.93. The van der Waals surface area contributed by atoms with Crippen molar-refractivity contribution in [3.05, 3.63) is 33.8 Å². The molecule has 0 atom stereocenters. The molecule has 0 aliphatic heterocycles. The number of aromatic nitrogens is 2. The minimum absolute atomic E-state index is 0.0442. The van der Waals surface area contributed by atoms with E-state index in [4.69, 9.17) is 11.6 Å². The first kappa shape index (κ1) is 18.8. The molecule has 2 rings (SSSR count). The van der Waals surface area contributed by atoms with Crippen molar-refractivity contribution in [1.29, 1.82) is 0 Å². The molecule has 2 aromatic rings. The fraction of sp³-hybridized carbons (Fsp3) is 0.357. The molecule has 0 saturated heterocycles. The number of rotatable bonds is 6. The molecular formula is C14H17ClN4O3S2. The van der Waals surface area contributed by atoms with E-state index in [0.717, 1.165) is 11.4 Å². The molecule has 1 aromatic carbocycles. The van der Waals surface area contributed by atoms with Crippen LogP contribution in [0.15, 0.2) is 23.1 Å². The van der Waals surface area contributed by atoms with Crippen molar-refractivity contribution in [3.8, 4) is 0 Å². The topological polar surface area (TPSA) is 101 Å². The van der Waals surface area contributed by atoms with Crippen molar-refractivity contribution in [2.45, 2.75) is 25.2 Å². The molecule has 0 aliphatic rings. The molecule has 1 heterocycles. The van der Waals surface area contributed by atoms with Gasteiger partial charge in [0.1, 0.15) is 5.01 Å². The van der Waals surface area contributed by atoms with Gasteiger partial charge in [0, 0.05) is 6.42 Å². The zero-order valence-electron chi connectivity index (χ0n) is 13.3. The Morgan fingerprint density at radius 2 is 2.04 bits per heavy atom. The van der Waals surface area contributed by atoms with Gasteiger partial charge in [-0.25, -0.2) is 13.1 Å². The van der Waals surface area contributed by atoms with Crippen LogP contribution in [0.4, 0.5) is 5.13 Å². The van der Waals surface area contributed by atoms with Gasteiger partial charge in [0.15, 0.2) is 0 Å². The molecular weight excluding hydrogens is 372 g/mol. The maximum absolute atomic E-state index is 12.4. The van der Waals surface area contributed by atoms with E-state index in [9.17, 15) is 13.2 Å². The molecule has 0 fully saturated rings. The molecule has 0 saturated carbocycles. The molecule has 0 radical (unpaired) electrons. The Kier molecular flexibility index (Phi) is 5.92. The van der Waals surface area contributed by atoms with Crippen LogP contribution in [0.2, 0.25) is 5.02 Å². The van der Waals surface area contributed by atoms with E-state index >= 15 is 0 Å². The summed E-state index contributed by atoms with van der Waals surface area (Å²) in [7, 11) is -2.37. The number of benzene rings is 1. The summed E-state index contributed by atoms with van der Waals surface area (Å²) >= 11 is 7.29. The summed E-state index contributed by atoms with van der Waals surface area (Å²) in [5.74, 6) is -0.111. The summed E-state index contributed by atoms with van der Waals surface area (Å²) < 4.78 is 25.9. The quantitative estimate of drug-likeness (QED) is 0.791. The SMILES string of the molecule is CNS(=O)(=O)c1ccc(Cl)c(C(=O)Nc2nnc(CC(C)C)s2)c1. The Morgan fingerprint density at radius 3 is 2.67 bits per heavy atom. The van der Waals surface area contributed by atoms with Gasteiger partial charge < -0.3 is 0 Å². The second kappa shape index (κ2) is 7.56. The van der Waals surface area contributed by atoms with Gasteiger partial charge in [-0.05, 0) is 31.2 Å². The van der Waals surface area contributed by atoms with Crippen molar-refractivity contribution in [1.82, 2.24) is 14.9 Å². The smallest absolute Gasteiger partial charge is 0.259 e. The fourth-order valence-electron chi connectivity index (χ4n) is 1.86. The summed E-state index contributed by atoms with van der Waals surface area (Å²) in [6.45, 7) is 4.13. The number of sulfonamides is 1. The van der Waals surface area contributed by atoms with Crippen molar-refractivity contribution >= 4 is 44.0 Å². The molecule has 0 spiro atoms. The molecule has 24 heavy (non-hydrogen) atoms. The highest BCUT2D eigenvalue weighted by atomic mass is 35.5. The molecule has 0 unspecified atom stereocenters. The van der Waals surface area contributed by atoms with Crippen LogP contribution in [0.25, 0.3) is 0 Å². The Morgan fingerprint density at radius 1 is 1.33 bits per heavy atom. The predicted molar refractivity (Wildman–Crippen MR) is 94.1 cm³/mol. The first-order valence-corrected chi connectivity index (χ1v) is 9.77. The molecule has 1 amide bonds. The normalized spacial score (nSPS) is 11.7. The maximum Gasteiger partial charge on any atom is 0.259 e. The minimum Gasteiger partial charge on any atom is -0.296 e. The van der Waals surface area contributed by atoms with Gasteiger partial charge in [-0.2, -0.15) is 0 Å². The van der Waals surface area contributed by atoms with Gasteiger partial charge in [0.25, 0.3) is 5.91 Å². The number of carbonyl (C=O) groups is 1. The number of nitrogens with zero attached hydrogens (tertiary/aromatic N) is 2. The van der Waals surface area contributed by atoms with E-state index in [0.29, 0.717) is 11.0 Å². The Bertz CT molecular complexity index is 849. The fourth-order valence-corrected chi connectivity index (χ4v) is 3.77. The number of carbonyl (C=O) groups excluding carboxylic acids is 1. The van der Waals surface area contributed by atoms with Gasteiger partial charge in [-0.3, -0.25) is 10.1 Å². The largest absolute Gasteiger partial charge is 0.296 e. The first-order chi connectivity index (χ1) is 11.2. The first-order valence-electron chi connectivity index (χ1n) is 7.09. The second-order valence-electron chi connectivity index (χ2n) is 5.40. The zero-order chi connectivity index (χ0) is 17.9. The summed E-state index contributed by atoms with van der Waals surface area (Å²) in [5, 5.41) is 11.8. The predicted octanol–water partition coefficient (Wildman–Crippen LogP) is 2.55. The Hall–Kier alpha value is -1.55. The lowest BCUT2D eigenvalue weighted by Crippen LogP contribution is -2.20. The van der Waals surface area contributed by atoms with Crippen molar-refractivity contribution in [3.63, 3.8) is 0 Å². The maximum atomic E-state index is 12.4. The van der Waals surface area contributed by atoms with Crippen LogP contribution in [-0.2, 0) is 16.4 Å². The third-order valence-electron chi connectivity index (χ3n) is 3.03. The summed E-state index contributed by atoms with van der Waals surface area (Å²) in [6, 6.07) is 3.92. The molecule has 0 aliphatic carbocycles. The van der Waals surface area contributed by atoms with Crippen LogP contribution in [0, 0.1) is 5.92 Å². The number of hydrogen-bond donors (Lipinski definition) is 2. The lowest BCUT2D eigenvalue weighted by molar-refractivity contribution is 0.102. The lowest BCUT2D eigenvalue weighted by Gasteiger charge is -2.07. The van der Waals surface area contributed by atoms with E-state index in [1.165, 1.54) is 36.6 Å². The monoisotopic (exact) mass is 388 g/mol. The minimum atomic E-state index is -3.67. The van der Waals surface area contributed by atoms with Crippen LogP contribution in [0.3, 0.4) is 0 Å². The lowest BCUT2D eigenvalue weighted by atomic mass is 10.1. The zero-order valence-corrected chi connectivity index (χ0v) is 15.7. The number of anilines is 1. The highest BCUT2D eigenvalue weighted by molar-refractivity contribution is 7.89. The molecule has 2 N–H and O–H groups in total. The molecule has 1 aromatic heterocycles. The molecule has 0 bridgehead atoms. The summed E-state index contributed by atoms with van der Waals surface area (Å²) in [6.07, 6.45) is 0.768. The number of amides is 1. The molecule has 10 heteroatoms. The Balaban J connectivity index is 2.23. The van der Waals surface area contributed by atoms with Crippen LogP contribution in [-0.4, -0.2) is 31.6 Å². The van der Waals surface area contributed by atoms with Crippen molar-refractivity contribution in [2.24, 2.45) is 5.92 Å². The number of nitrogens with one attached hydrogen (secondary N) is 2. The molecule has 7 nitrogen and oxygen atoms in total. The van der Waals surface area contributed by atoms with Gasteiger partial charge >= 0.3 is 0 Å². The van der Waals surface area contributed by atoms with Gasteiger partial charge in [0.2, 0.25) is 15.2 Å². The highest BCUT2D eigenvalue weighted by Crippen LogP contribution is 2.23. The van der Waals surface area contributed by atoms with Crippen LogP contribution in [0.1, 0.15) is 29.2 Å². The third-order valence-corrected chi connectivity index (χ3v) is 5.63. The molecule has 130 valence electrons. The van der Waals surface area contributed by atoms with Gasteiger partial charge in [-0.15, -0.1) is 10.2 Å². The second-order valence-corrected chi connectivity index (χ2v) is 8.76. The number of halogens is 1. The van der Waals surface area contributed by atoms with Crippen LogP contribution >= 0.6 is 22.9 Å². The summed E-state index contributed by atoms with van der Waals surface area (Å²) in [4.78, 5) is 12.3. The van der Waals surface area contributed by atoms with Crippen molar-refractivity contribution in [2.75, 3.05) is 12.4 Å². The highest BCUT2D eigenvalue weighted by Gasteiger charge is 2.18. The standard InChI is InChI=1S/C14H17ClN4O3S2/c1-8(2)6-12-18-19-14(23-12)17-13(20)10-7-9(4-5-11(10)15)24(21,22)16-3/h4-5,7-8,16H,6H2,1-3H3,(H,17,19,20). The summed E-state index contributed by atoms with van der Waals surface area (Å²) in [5.41, 5.74) is 0.0496. The van der Waals surface area contributed by atoms with Gasteiger partial charge in [0.05, 0.1) is 15.5 Å². The van der Waals surface area contributed by atoms with E-state index in [2.05, 4.69) is 34.1 Å². The van der Waals surface area contributed by atoms with Crippen LogP contribution in [0.5, 0.6) is 0 Å². The van der Waals surface area contributed by atoms with E-state index in [-0.39, 0.29) is 15.5 Å². The number of hydrogen-bond acceptors (Lipinski definition) is 6. The average molecular weight is 389 g/mol. The van der Waals surface area contributed by atoms with Crippen LogP contribution < -0.4 is 10.0 Å². The van der Waals surface area contributed by atoms with E-state index in [1.54, 1.807) is 0 Å². The van der Waals surface area contributed by atoms with Gasteiger partial charge in [-0.1, -0.05) is 36.8 Å². The third kappa shape index (κ3) is 4.50. The van der Waals surface area contributed by atoms with E-state index < -0.39 is 15.9 Å². The van der Waals surface area contributed by atoms with E-state index in [1.807, 2.05) is 0 Å². The van der Waals surface area contributed by atoms with Crippen molar-refractivity contribution < 1.29 is 13.2 Å². The Labute approximate surface area is 149 Å².